The molecule has 3 rings (SSSR count). The molecule has 0 aromatic rings. The molecule has 0 saturated carbocycles. The largest absolute Gasteiger partial charge is 0.445 e. The van der Waals surface area contributed by atoms with Crippen LogP contribution >= 0.6 is 0 Å². The van der Waals surface area contributed by atoms with Crippen molar-refractivity contribution in [2.75, 3.05) is 27.2 Å². The van der Waals surface area contributed by atoms with E-state index in [4.69, 9.17) is 4.74 Å². The number of hydrogen-bond donors (Lipinski definition) is 2. The number of hydrazine groups is 1. The number of likely N-dealkylation sites (tertiary alicyclic amines) is 2. The van der Waals surface area contributed by atoms with E-state index in [0.717, 1.165) is 32.4 Å². The van der Waals surface area contributed by atoms with Gasteiger partial charge in [0.1, 0.15) is 6.10 Å². The number of unbranched alkanes of at least 4 members (excludes halogenated alkanes) is 4. The van der Waals surface area contributed by atoms with Crippen molar-refractivity contribution in [1.29, 1.82) is 0 Å². The summed E-state index contributed by atoms with van der Waals surface area (Å²) in [6.45, 7) is 6.57. The van der Waals surface area contributed by atoms with Crippen molar-refractivity contribution in [3.63, 3.8) is 0 Å². The van der Waals surface area contributed by atoms with Crippen molar-refractivity contribution >= 4 is 6.09 Å². The lowest BCUT2D eigenvalue weighted by Crippen LogP contribution is -2.42. The van der Waals surface area contributed by atoms with Gasteiger partial charge in [-0.05, 0) is 26.3 Å². The zero-order valence-electron chi connectivity index (χ0n) is 17.6. The number of hydrogen-bond acceptors (Lipinski definition) is 5. The van der Waals surface area contributed by atoms with E-state index in [0.29, 0.717) is 12.1 Å². The summed E-state index contributed by atoms with van der Waals surface area (Å²) in [6, 6.07) is 0. The molecular formula is C21H38N4O2. The first-order chi connectivity index (χ1) is 13.0. The van der Waals surface area contributed by atoms with E-state index in [2.05, 4.69) is 54.7 Å². The van der Waals surface area contributed by atoms with Gasteiger partial charge in [-0.2, -0.15) is 0 Å². The van der Waals surface area contributed by atoms with Crippen LogP contribution in [0.4, 0.5) is 4.79 Å². The molecule has 2 N–H and O–H groups in total. The third-order valence-electron chi connectivity index (χ3n) is 6.90. The smallest absolute Gasteiger partial charge is 0.421 e. The minimum Gasteiger partial charge on any atom is -0.445 e. The van der Waals surface area contributed by atoms with Crippen LogP contribution in [-0.2, 0) is 4.74 Å². The van der Waals surface area contributed by atoms with Crippen LogP contribution in [0.5, 0.6) is 0 Å². The van der Waals surface area contributed by atoms with Crippen molar-refractivity contribution in [1.82, 2.24) is 20.7 Å². The lowest BCUT2D eigenvalue weighted by Gasteiger charge is -2.34. The van der Waals surface area contributed by atoms with Crippen LogP contribution in [0.25, 0.3) is 0 Å². The summed E-state index contributed by atoms with van der Waals surface area (Å²) >= 11 is 0. The summed E-state index contributed by atoms with van der Waals surface area (Å²) < 4.78 is 5.71. The predicted octanol–water partition coefficient (Wildman–Crippen LogP) is 3.46. The van der Waals surface area contributed by atoms with Gasteiger partial charge in [0.2, 0.25) is 0 Å². The molecule has 1 amide bonds. The Balaban J connectivity index is 1.43. The molecule has 0 aromatic carbocycles. The molecule has 1 aliphatic carbocycles. The average molecular weight is 379 g/mol. The molecule has 0 bridgehead atoms. The Labute approximate surface area is 164 Å². The maximum Gasteiger partial charge on any atom is 0.421 e. The highest BCUT2D eigenvalue weighted by atomic mass is 16.6. The molecule has 2 aliphatic heterocycles. The summed E-state index contributed by atoms with van der Waals surface area (Å²) in [6.07, 6.45) is 11.4. The summed E-state index contributed by atoms with van der Waals surface area (Å²) in [5, 5.41) is 0. The highest BCUT2D eigenvalue weighted by Gasteiger charge is 2.58. The van der Waals surface area contributed by atoms with Gasteiger partial charge in [-0.1, -0.05) is 45.6 Å². The van der Waals surface area contributed by atoms with E-state index >= 15 is 0 Å². The molecule has 2 saturated heterocycles. The van der Waals surface area contributed by atoms with Crippen molar-refractivity contribution < 1.29 is 9.53 Å². The summed E-state index contributed by atoms with van der Waals surface area (Å²) in [5.41, 5.74) is 7.40. The normalized spacial score (nSPS) is 32.8. The van der Waals surface area contributed by atoms with E-state index in [1.54, 1.807) is 0 Å². The summed E-state index contributed by atoms with van der Waals surface area (Å²) in [5.74, 6) is 0.482. The minimum atomic E-state index is -0.345. The van der Waals surface area contributed by atoms with Crippen LogP contribution in [0, 0.1) is 11.3 Å². The Bertz CT molecular complexity index is 552. The molecule has 27 heavy (non-hydrogen) atoms. The Kier molecular flexibility index (Phi) is 6.69. The predicted molar refractivity (Wildman–Crippen MR) is 108 cm³/mol. The maximum absolute atomic E-state index is 12.1. The lowest BCUT2D eigenvalue weighted by atomic mass is 9.71. The molecule has 6 nitrogen and oxygen atoms in total. The van der Waals surface area contributed by atoms with Gasteiger partial charge in [0.15, 0.2) is 0 Å². The van der Waals surface area contributed by atoms with Crippen molar-refractivity contribution in [2.24, 2.45) is 11.3 Å². The average Bonchev–Trinajstić information content (AvgIpc) is 3.06. The van der Waals surface area contributed by atoms with Gasteiger partial charge in [0, 0.05) is 43.6 Å². The van der Waals surface area contributed by atoms with Crippen LogP contribution in [0.1, 0.15) is 65.2 Å². The van der Waals surface area contributed by atoms with Crippen LogP contribution in [0.3, 0.4) is 0 Å². The van der Waals surface area contributed by atoms with E-state index in [1.807, 2.05) is 0 Å². The first-order valence-electron chi connectivity index (χ1n) is 10.8. The Morgan fingerprint density at radius 3 is 2.85 bits per heavy atom. The first kappa shape index (κ1) is 20.5. The lowest BCUT2D eigenvalue weighted by molar-refractivity contribution is 0.0592. The number of fused-ring (bicyclic) bond motifs is 3. The van der Waals surface area contributed by atoms with Crippen LogP contribution in [-0.4, -0.2) is 55.3 Å². The van der Waals surface area contributed by atoms with E-state index in [-0.39, 0.29) is 17.6 Å². The molecule has 2 fully saturated rings. The maximum atomic E-state index is 12.1. The van der Waals surface area contributed by atoms with Gasteiger partial charge < -0.3 is 9.64 Å². The number of nitrogens with zero attached hydrogens (tertiary/aromatic N) is 2. The van der Waals surface area contributed by atoms with Crippen molar-refractivity contribution in [2.45, 2.75) is 77.5 Å². The first-order valence-corrected chi connectivity index (χ1v) is 10.8. The molecule has 2 heterocycles. The molecule has 3 aliphatic rings. The fourth-order valence-corrected chi connectivity index (χ4v) is 5.51. The number of ether oxygens (including phenoxy) is 1. The van der Waals surface area contributed by atoms with Crippen molar-refractivity contribution in [3.05, 3.63) is 11.8 Å². The van der Waals surface area contributed by atoms with Gasteiger partial charge in [-0.25, -0.2) is 10.2 Å². The topological polar surface area (TPSA) is 56.8 Å². The van der Waals surface area contributed by atoms with Crippen LogP contribution in [0.15, 0.2) is 11.8 Å². The zero-order valence-corrected chi connectivity index (χ0v) is 17.6. The fourth-order valence-electron chi connectivity index (χ4n) is 5.51. The Morgan fingerprint density at radius 1 is 1.30 bits per heavy atom. The van der Waals surface area contributed by atoms with Gasteiger partial charge in [-0.3, -0.25) is 10.3 Å². The molecule has 4 unspecified atom stereocenters. The zero-order chi connectivity index (χ0) is 19.4. The second kappa shape index (κ2) is 8.82. The SMILES string of the molecule is CCCCCCCNNC(=O)OC1CC=C2C(C1)C1(C)CCN(C)C1N2C. The third-order valence-corrected chi connectivity index (χ3v) is 6.90. The van der Waals surface area contributed by atoms with Gasteiger partial charge >= 0.3 is 6.09 Å². The molecule has 154 valence electrons. The second-order valence-electron chi connectivity index (χ2n) is 8.87. The Morgan fingerprint density at radius 2 is 2.07 bits per heavy atom. The number of carbonyl (C=O) groups excluding carboxylic acids is 1. The van der Waals surface area contributed by atoms with E-state index in [1.165, 1.54) is 37.8 Å². The highest BCUT2D eigenvalue weighted by molar-refractivity contribution is 5.66. The number of rotatable bonds is 8. The van der Waals surface area contributed by atoms with Gasteiger partial charge in [-0.15, -0.1) is 0 Å². The van der Waals surface area contributed by atoms with E-state index < -0.39 is 0 Å². The molecular weight excluding hydrogens is 340 g/mol. The molecule has 4 atom stereocenters. The molecule has 6 heteroatoms. The number of carbonyl (C=O) groups is 1. The molecule has 0 radical (unpaired) electrons. The number of nitrogens with one attached hydrogen (secondary N) is 2. The number of amides is 1. The second-order valence-corrected chi connectivity index (χ2v) is 8.87. The fraction of sp³-hybridized carbons (Fsp3) is 0.857. The third kappa shape index (κ3) is 4.27. The van der Waals surface area contributed by atoms with Crippen molar-refractivity contribution in [3.8, 4) is 0 Å². The molecule has 0 aromatic heterocycles. The monoisotopic (exact) mass is 378 g/mol. The van der Waals surface area contributed by atoms with Crippen LogP contribution < -0.4 is 10.9 Å². The van der Waals surface area contributed by atoms with E-state index in [9.17, 15) is 4.79 Å². The highest BCUT2D eigenvalue weighted by Crippen LogP contribution is 2.56. The van der Waals surface area contributed by atoms with Gasteiger partial charge in [0.25, 0.3) is 0 Å². The minimum absolute atomic E-state index is 0.0278. The summed E-state index contributed by atoms with van der Waals surface area (Å²) in [4.78, 5) is 17.0. The number of allylic oxidation sites excluding steroid dienone is 1. The van der Waals surface area contributed by atoms with Gasteiger partial charge in [0.05, 0.1) is 6.17 Å². The standard InChI is InChI=1S/C21H38N4O2/c1-5-6-7-8-9-13-22-23-20(26)27-16-10-11-18-17(15-16)21(2)12-14-24(3)19(21)25(18)4/h11,16-17,19,22H,5-10,12-15H2,1-4H3,(H,23,26). The summed E-state index contributed by atoms with van der Waals surface area (Å²) in [7, 11) is 4.44. The Hall–Kier alpha value is -1.27. The van der Waals surface area contributed by atoms with Crippen LogP contribution in [0.2, 0.25) is 0 Å². The molecule has 0 spiro atoms. The quantitative estimate of drug-likeness (QED) is 0.500.